The number of aromatic nitrogens is 2. The van der Waals surface area contributed by atoms with Gasteiger partial charge in [0, 0.05) is 23.0 Å². The summed E-state index contributed by atoms with van der Waals surface area (Å²) >= 11 is 3.16. The Balaban J connectivity index is 2.07. The van der Waals surface area contributed by atoms with Gasteiger partial charge in [0.05, 0.1) is 0 Å². The Hall–Kier alpha value is -1.27. The van der Waals surface area contributed by atoms with Gasteiger partial charge in [-0.3, -0.25) is 4.79 Å². The molecule has 4 nitrogen and oxygen atoms in total. The minimum Gasteiger partial charge on any atom is -0.351 e. The fourth-order valence-corrected chi connectivity index (χ4v) is 4.25. The van der Waals surface area contributed by atoms with E-state index in [1.807, 2.05) is 5.38 Å². The van der Waals surface area contributed by atoms with Crippen LogP contribution in [-0.2, 0) is 6.42 Å². The third-order valence-corrected chi connectivity index (χ3v) is 5.43. The van der Waals surface area contributed by atoms with E-state index in [0.717, 1.165) is 40.7 Å². The average Bonchev–Trinajstić information content (AvgIpc) is 3.15. The molecule has 0 aliphatic carbocycles. The van der Waals surface area contributed by atoms with Crippen LogP contribution in [0.3, 0.4) is 0 Å². The number of carbonyl (C=O) groups is 1. The normalized spacial score (nSPS) is 11.1. The topological polar surface area (TPSA) is 54.9 Å². The summed E-state index contributed by atoms with van der Waals surface area (Å²) in [4.78, 5) is 22.4. The van der Waals surface area contributed by atoms with Crippen LogP contribution in [0, 0.1) is 5.92 Å². The Morgan fingerprint density at radius 1 is 1.26 bits per heavy atom. The van der Waals surface area contributed by atoms with Crippen molar-refractivity contribution >= 4 is 28.6 Å². The molecular formula is C17H25N3OS2. The molecule has 0 fully saturated rings. The van der Waals surface area contributed by atoms with Crippen molar-refractivity contribution in [1.29, 1.82) is 0 Å². The number of thiazole rings is 2. The molecule has 2 rings (SSSR count). The van der Waals surface area contributed by atoms with Crippen LogP contribution in [0.25, 0.3) is 10.0 Å². The van der Waals surface area contributed by atoms with Gasteiger partial charge in [0.2, 0.25) is 0 Å². The minimum absolute atomic E-state index is 0.0452. The lowest BCUT2D eigenvalue weighted by Crippen LogP contribution is -2.25. The molecule has 0 saturated heterocycles. The number of unbranched alkanes of at least 4 members (excludes halogenated alkanes) is 3. The first-order chi connectivity index (χ1) is 11.1. The number of nitrogens with one attached hydrogen (secondary N) is 1. The predicted octanol–water partition coefficient (Wildman–Crippen LogP) is 4.78. The largest absolute Gasteiger partial charge is 0.351 e. The van der Waals surface area contributed by atoms with E-state index in [1.165, 1.54) is 12.8 Å². The van der Waals surface area contributed by atoms with Gasteiger partial charge >= 0.3 is 0 Å². The van der Waals surface area contributed by atoms with E-state index in [9.17, 15) is 4.79 Å². The highest BCUT2D eigenvalue weighted by atomic mass is 32.1. The lowest BCUT2D eigenvalue weighted by atomic mass is 10.1. The molecule has 0 atom stereocenters. The highest BCUT2D eigenvalue weighted by Crippen LogP contribution is 2.31. The molecule has 2 heterocycles. The van der Waals surface area contributed by atoms with Crippen LogP contribution in [0.4, 0.5) is 0 Å². The zero-order valence-corrected chi connectivity index (χ0v) is 15.7. The van der Waals surface area contributed by atoms with Crippen LogP contribution >= 0.6 is 22.7 Å². The van der Waals surface area contributed by atoms with Gasteiger partial charge in [0.15, 0.2) is 10.0 Å². The van der Waals surface area contributed by atoms with E-state index in [2.05, 4.69) is 36.1 Å². The van der Waals surface area contributed by atoms with Crippen LogP contribution in [0.1, 0.15) is 61.8 Å². The van der Waals surface area contributed by atoms with Crippen LogP contribution in [0.5, 0.6) is 0 Å². The van der Waals surface area contributed by atoms with Crippen LogP contribution < -0.4 is 5.32 Å². The maximum atomic E-state index is 12.5. The molecule has 1 N–H and O–H groups in total. The summed E-state index contributed by atoms with van der Waals surface area (Å²) in [5.41, 5.74) is 0.587. The number of rotatable bonds is 9. The summed E-state index contributed by atoms with van der Waals surface area (Å²) in [5, 5.41) is 6.70. The maximum Gasteiger partial charge on any atom is 0.271 e. The van der Waals surface area contributed by atoms with Crippen LogP contribution in [0.15, 0.2) is 11.6 Å². The molecule has 23 heavy (non-hydrogen) atoms. The smallest absolute Gasteiger partial charge is 0.271 e. The molecule has 0 aromatic carbocycles. The van der Waals surface area contributed by atoms with Gasteiger partial charge < -0.3 is 5.32 Å². The van der Waals surface area contributed by atoms with Gasteiger partial charge in [0.1, 0.15) is 5.69 Å². The Morgan fingerprint density at radius 3 is 2.74 bits per heavy atom. The molecule has 0 radical (unpaired) electrons. The number of carbonyl (C=O) groups excluding carboxylic acids is 1. The first-order valence-corrected chi connectivity index (χ1v) is 9.99. The first kappa shape index (κ1) is 18.1. The molecule has 0 bridgehead atoms. The van der Waals surface area contributed by atoms with E-state index in [0.29, 0.717) is 11.6 Å². The third-order valence-electron chi connectivity index (χ3n) is 3.44. The summed E-state index contributed by atoms with van der Waals surface area (Å²) in [6.45, 7) is 7.24. The number of amides is 1. The lowest BCUT2D eigenvalue weighted by Gasteiger charge is -2.06. The van der Waals surface area contributed by atoms with E-state index < -0.39 is 0 Å². The van der Waals surface area contributed by atoms with Crippen LogP contribution in [0.2, 0.25) is 0 Å². The van der Waals surface area contributed by atoms with Gasteiger partial charge in [-0.15, -0.1) is 22.7 Å². The van der Waals surface area contributed by atoms with Gasteiger partial charge in [0.25, 0.3) is 5.91 Å². The molecular weight excluding hydrogens is 326 g/mol. The molecule has 0 saturated carbocycles. The van der Waals surface area contributed by atoms with Crippen molar-refractivity contribution in [2.75, 3.05) is 6.54 Å². The number of hydrogen-bond acceptors (Lipinski definition) is 5. The summed E-state index contributed by atoms with van der Waals surface area (Å²) < 4.78 is 0. The molecule has 0 aliphatic heterocycles. The lowest BCUT2D eigenvalue weighted by molar-refractivity contribution is 0.0947. The van der Waals surface area contributed by atoms with Crippen molar-refractivity contribution in [3.05, 3.63) is 22.1 Å². The third kappa shape index (κ3) is 5.39. The zero-order chi connectivity index (χ0) is 16.7. The van der Waals surface area contributed by atoms with E-state index in [-0.39, 0.29) is 5.91 Å². The van der Waals surface area contributed by atoms with Crippen molar-refractivity contribution in [3.63, 3.8) is 0 Å². The van der Waals surface area contributed by atoms with Gasteiger partial charge in [-0.05, 0) is 18.8 Å². The Bertz CT molecular complexity index is 605. The van der Waals surface area contributed by atoms with Gasteiger partial charge in [-0.25, -0.2) is 9.97 Å². The standard InChI is InChI=1S/C17H25N3OS2/c1-4-5-6-7-8-18-15(21)14-13(11-12(2)3)23-17(20-14)16-19-9-10-22-16/h9-10,12H,4-8,11H2,1-3H3,(H,18,21). The van der Waals surface area contributed by atoms with Crippen molar-refractivity contribution in [2.45, 2.75) is 52.9 Å². The summed E-state index contributed by atoms with van der Waals surface area (Å²) in [6, 6.07) is 0. The Kier molecular flexibility index (Phi) is 7.17. The van der Waals surface area contributed by atoms with Gasteiger partial charge in [-0.2, -0.15) is 0 Å². The number of nitrogens with zero attached hydrogens (tertiary/aromatic N) is 2. The van der Waals surface area contributed by atoms with Gasteiger partial charge in [-0.1, -0.05) is 40.0 Å². The fraction of sp³-hybridized carbons (Fsp3) is 0.588. The Labute approximate surface area is 146 Å². The summed E-state index contributed by atoms with van der Waals surface area (Å²) in [7, 11) is 0. The predicted molar refractivity (Wildman–Crippen MR) is 98.2 cm³/mol. The molecule has 2 aromatic rings. The molecule has 0 unspecified atom stereocenters. The highest BCUT2D eigenvalue weighted by Gasteiger charge is 2.20. The second kappa shape index (κ2) is 9.13. The van der Waals surface area contributed by atoms with Crippen LogP contribution in [-0.4, -0.2) is 22.4 Å². The molecule has 126 valence electrons. The van der Waals surface area contributed by atoms with E-state index >= 15 is 0 Å². The SMILES string of the molecule is CCCCCCNC(=O)c1nc(-c2nccs2)sc1CC(C)C. The summed E-state index contributed by atoms with van der Waals surface area (Å²) in [5.74, 6) is 0.451. The maximum absolute atomic E-state index is 12.5. The van der Waals surface area contributed by atoms with E-state index in [1.54, 1.807) is 28.9 Å². The molecule has 6 heteroatoms. The van der Waals surface area contributed by atoms with Crippen molar-refractivity contribution in [2.24, 2.45) is 5.92 Å². The van der Waals surface area contributed by atoms with Crippen molar-refractivity contribution in [1.82, 2.24) is 15.3 Å². The monoisotopic (exact) mass is 351 g/mol. The average molecular weight is 352 g/mol. The molecule has 0 spiro atoms. The molecule has 2 aromatic heterocycles. The second-order valence-corrected chi connectivity index (χ2v) is 8.02. The minimum atomic E-state index is -0.0452. The highest BCUT2D eigenvalue weighted by molar-refractivity contribution is 7.20. The zero-order valence-electron chi connectivity index (χ0n) is 14.1. The summed E-state index contributed by atoms with van der Waals surface area (Å²) in [6.07, 6.45) is 7.27. The Morgan fingerprint density at radius 2 is 2.09 bits per heavy atom. The second-order valence-electron chi connectivity index (χ2n) is 6.04. The molecule has 0 aliphatic rings. The van der Waals surface area contributed by atoms with E-state index in [4.69, 9.17) is 0 Å². The fourth-order valence-electron chi connectivity index (χ4n) is 2.30. The quantitative estimate of drug-likeness (QED) is 0.662. The molecule has 1 amide bonds. The van der Waals surface area contributed by atoms with Crippen molar-refractivity contribution < 1.29 is 4.79 Å². The number of hydrogen-bond donors (Lipinski definition) is 1. The first-order valence-electron chi connectivity index (χ1n) is 8.29. The van der Waals surface area contributed by atoms with Crippen molar-refractivity contribution in [3.8, 4) is 10.0 Å².